The van der Waals surface area contributed by atoms with Crippen molar-refractivity contribution in [3.8, 4) is 0 Å². The molecule has 0 aromatic carbocycles. The first-order valence-electron chi connectivity index (χ1n) is 2.66. The molecule has 0 rings (SSSR count). The summed E-state index contributed by atoms with van der Waals surface area (Å²) >= 11 is 9.59. The Kier molecular flexibility index (Phi) is 10.5. The SMILES string of the molecule is CCOS(=S)(=S)OCC.[Na]. The second-order valence-electron chi connectivity index (χ2n) is 1.22. The van der Waals surface area contributed by atoms with Gasteiger partial charge >= 0.3 is 0 Å². The van der Waals surface area contributed by atoms with Crippen molar-refractivity contribution in [2.45, 2.75) is 13.8 Å². The molecule has 0 saturated carbocycles. The molecule has 0 fully saturated rings. The monoisotopic (exact) mass is 209 g/mol. The molecule has 0 N–H and O–H groups in total. The van der Waals surface area contributed by atoms with Crippen molar-refractivity contribution in [2.75, 3.05) is 13.2 Å². The number of rotatable bonds is 4. The molecular formula is C4H10NaO2S3. The van der Waals surface area contributed by atoms with Gasteiger partial charge in [0.2, 0.25) is 0 Å². The van der Waals surface area contributed by atoms with Gasteiger partial charge in [-0.1, -0.05) is 0 Å². The Morgan fingerprint density at radius 3 is 1.60 bits per heavy atom. The molecular weight excluding hydrogens is 199 g/mol. The summed E-state index contributed by atoms with van der Waals surface area (Å²) < 4.78 is 9.92. The molecule has 0 heterocycles. The minimum absolute atomic E-state index is 0. The standard InChI is InChI=1S/C4H10O2S3.Na/c1-3-5-9(7,8)6-4-2;/h3-4H2,1-2H3;. The van der Waals surface area contributed by atoms with Crippen LogP contribution >= 0.6 is 0 Å². The van der Waals surface area contributed by atoms with Crippen molar-refractivity contribution in [1.29, 1.82) is 0 Å². The van der Waals surface area contributed by atoms with Gasteiger partial charge in [0.25, 0.3) is 0 Å². The molecule has 0 amide bonds. The summed E-state index contributed by atoms with van der Waals surface area (Å²) in [7, 11) is -2.02. The third-order valence-corrected chi connectivity index (χ3v) is 2.73. The summed E-state index contributed by atoms with van der Waals surface area (Å²) in [6.07, 6.45) is 0. The quantitative estimate of drug-likeness (QED) is 0.630. The van der Waals surface area contributed by atoms with Crippen molar-refractivity contribution in [1.82, 2.24) is 0 Å². The van der Waals surface area contributed by atoms with Gasteiger partial charge in [0.15, 0.2) is 0 Å². The predicted octanol–water partition coefficient (Wildman–Crippen LogP) is 0.586. The molecule has 0 aliphatic carbocycles. The van der Waals surface area contributed by atoms with Crippen LogP contribution in [-0.2, 0) is 38.5 Å². The van der Waals surface area contributed by atoms with E-state index in [4.69, 9.17) is 30.7 Å². The summed E-state index contributed by atoms with van der Waals surface area (Å²) in [5, 5.41) is 0. The van der Waals surface area contributed by atoms with Crippen LogP contribution in [0.25, 0.3) is 0 Å². The van der Waals surface area contributed by atoms with E-state index in [0.717, 1.165) is 0 Å². The Labute approximate surface area is 94.2 Å². The molecule has 0 aliphatic rings. The molecule has 0 aliphatic heterocycles. The first-order chi connectivity index (χ1) is 4.12. The molecule has 1 radical (unpaired) electrons. The van der Waals surface area contributed by atoms with Crippen LogP contribution in [0, 0.1) is 0 Å². The van der Waals surface area contributed by atoms with Gasteiger partial charge < -0.3 is 0 Å². The van der Waals surface area contributed by atoms with E-state index in [0.29, 0.717) is 13.2 Å². The van der Waals surface area contributed by atoms with Gasteiger partial charge in [-0.2, -0.15) is 0 Å². The van der Waals surface area contributed by atoms with Crippen molar-refractivity contribution < 1.29 is 8.37 Å². The minimum Gasteiger partial charge on any atom is -0.290 e. The van der Waals surface area contributed by atoms with E-state index in [1.807, 2.05) is 13.8 Å². The molecule has 6 heteroatoms. The molecule has 0 aromatic heterocycles. The van der Waals surface area contributed by atoms with Crippen LogP contribution in [0.2, 0.25) is 0 Å². The minimum atomic E-state index is -2.02. The maximum Gasteiger partial charge on any atom is 0.137 e. The molecule has 0 saturated heterocycles. The van der Waals surface area contributed by atoms with Gasteiger partial charge in [-0.15, -0.1) is 0 Å². The molecule has 57 valence electrons. The van der Waals surface area contributed by atoms with Gasteiger partial charge in [0.1, 0.15) is 7.71 Å². The summed E-state index contributed by atoms with van der Waals surface area (Å²) in [6.45, 7) is 4.75. The third-order valence-electron chi connectivity index (χ3n) is 0.524. The second-order valence-corrected chi connectivity index (χ2v) is 5.78. The Balaban J connectivity index is 0. The van der Waals surface area contributed by atoms with Crippen molar-refractivity contribution in [3.63, 3.8) is 0 Å². The Hall–Kier alpha value is 1.71. The first-order valence-corrected chi connectivity index (χ1v) is 5.99. The van der Waals surface area contributed by atoms with E-state index in [1.54, 1.807) is 0 Å². The third kappa shape index (κ3) is 7.81. The van der Waals surface area contributed by atoms with E-state index in [1.165, 1.54) is 0 Å². The van der Waals surface area contributed by atoms with E-state index in [9.17, 15) is 0 Å². The molecule has 0 atom stereocenters. The maximum absolute atomic E-state index is 4.96. The van der Waals surface area contributed by atoms with E-state index < -0.39 is 7.71 Å². The molecule has 0 aromatic rings. The van der Waals surface area contributed by atoms with Crippen LogP contribution in [-0.4, -0.2) is 42.8 Å². The zero-order chi connectivity index (χ0) is 7.33. The molecule has 0 unspecified atom stereocenters. The Morgan fingerprint density at radius 2 is 1.40 bits per heavy atom. The summed E-state index contributed by atoms with van der Waals surface area (Å²) in [6, 6.07) is 0. The van der Waals surface area contributed by atoms with E-state index in [-0.39, 0.29) is 29.6 Å². The zero-order valence-corrected chi connectivity index (χ0v) is 10.9. The van der Waals surface area contributed by atoms with Gasteiger partial charge in [-0.3, -0.25) is 8.37 Å². The van der Waals surface area contributed by atoms with Crippen LogP contribution in [0.15, 0.2) is 0 Å². The molecule has 0 spiro atoms. The van der Waals surface area contributed by atoms with E-state index in [2.05, 4.69) is 0 Å². The van der Waals surface area contributed by atoms with Gasteiger partial charge in [-0.25, -0.2) is 0 Å². The number of hydrogen-bond acceptors (Lipinski definition) is 4. The van der Waals surface area contributed by atoms with E-state index >= 15 is 0 Å². The van der Waals surface area contributed by atoms with Crippen LogP contribution in [0.1, 0.15) is 13.8 Å². The number of hydrogen-bond donors (Lipinski definition) is 0. The fourth-order valence-corrected chi connectivity index (χ4v) is 2.12. The predicted molar refractivity (Wildman–Crippen MR) is 51.1 cm³/mol. The van der Waals surface area contributed by atoms with Crippen LogP contribution in [0.3, 0.4) is 0 Å². The maximum atomic E-state index is 4.96. The Morgan fingerprint density at radius 1 is 1.10 bits per heavy atom. The molecule has 2 nitrogen and oxygen atoms in total. The zero-order valence-electron chi connectivity index (χ0n) is 6.46. The van der Waals surface area contributed by atoms with Crippen LogP contribution < -0.4 is 0 Å². The first kappa shape index (κ1) is 14.2. The summed E-state index contributed by atoms with van der Waals surface area (Å²) in [5.41, 5.74) is 0. The van der Waals surface area contributed by atoms with Gasteiger partial charge in [-0.05, 0) is 13.8 Å². The topological polar surface area (TPSA) is 18.5 Å². The fraction of sp³-hybridized carbons (Fsp3) is 1.00. The second kappa shape index (κ2) is 7.36. The smallest absolute Gasteiger partial charge is 0.137 e. The average Bonchev–Trinajstić information content (AvgIpc) is 1.64. The van der Waals surface area contributed by atoms with Crippen LogP contribution in [0.4, 0.5) is 0 Å². The van der Waals surface area contributed by atoms with Crippen LogP contribution in [0.5, 0.6) is 0 Å². The largest absolute Gasteiger partial charge is 0.290 e. The van der Waals surface area contributed by atoms with Gasteiger partial charge in [0.05, 0.1) is 13.2 Å². The molecule has 10 heavy (non-hydrogen) atoms. The summed E-state index contributed by atoms with van der Waals surface area (Å²) in [4.78, 5) is 0. The van der Waals surface area contributed by atoms with Crippen molar-refractivity contribution >= 4 is 59.6 Å². The van der Waals surface area contributed by atoms with Crippen molar-refractivity contribution in [3.05, 3.63) is 0 Å². The summed E-state index contributed by atoms with van der Waals surface area (Å²) in [5.74, 6) is 0. The average molecular weight is 209 g/mol. The van der Waals surface area contributed by atoms with Gasteiger partial charge in [0, 0.05) is 51.9 Å². The van der Waals surface area contributed by atoms with Crippen molar-refractivity contribution in [2.24, 2.45) is 0 Å². The fourth-order valence-electron chi connectivity index (χ4n) is 0.323. The molecule has 0 bridgehead atoms. The normalized spacial score (nSPS) is 10.6. The Bertz CT molecular complexity index is 142.